The lowest BCUT2D eigenvalue weighted by atomic mass is 9.94. The summed E-state index contributed by atoms with van der Waals surface area (Å²) < 4.78 is 0. The van der Waals surface area contributed by atoms with E-state index in [-0.39, 0.29) is 5.91 Å². The fraction of sp³-hybridized carbons (Fsp3) is 0.786. The minimum atomic E-state index is -0.478. The zero-order valence-corrected chi connectivity index (χ0v) is 11.8. The van der Waals surface area contributed by atoms with Crippen molar-refractivity contribution in [3.05, 3.63) is 0 Å². The summed E-state index contributed by atoms with van der Waals surface area (Å²) in [5.74, 6) is 2.76. The van der Waals surface area contributed by atoms with Gasteiger partial charge in [-0.3, -0.25) is 9.69 Å². The monoisotopic (exact) mass is 251 g/mol. The van der Waals surface area contributed by atoms with Crippen LogP contribution in [0.5, 0.6) is 0 Å². The van der Waals surface area contributed by atoms with Crippen molar-refractivity contribution in [3.8, 4) is 12.3 Å². The summed E-state index contributed by atoms with van der Waals surface area (Å²) in [7, 11) is 0. The molecule has 0 aromatic heterocycles. The van der Waals surface area contributed by atoms with Crippen LogP contribution in [0.1, 0.15) is 33.6 Å². The zero-order valence-electron chi connectivity index (χ0n) is 11.8. The van der Waals surface area contributed by atoms with Crippen LogP contribution in [0, 0.1) is 12.3 Å². The van der Waals surface area contributed by atoms with E-state index in [4.69, 9.17) is 6.42 Å². The molecule has 1 aliphatic heterocycles. The van der Waals surface area contributed by atoms with Gasteiger partial charge in [0.15, 0.2) is 0 Å². The molecule has 2 N–H and O–H groups in total. The third kappa shape index (κ3) is 3.72. The molecule has 0 aliphatic carbocycles. The highest BCUT2D eigenvalue weighted by atomic mass is 16.2. The molecule has 102 valence electrons. The topological polar surface area (TPSA) is 44.4 Å². The molecule has 1 saturated heterocycles. The third-order valence-corrected chi connectivity index (χ3v) is 3.85. The average Bonchev–Trinajstić information content (AvgIpc) is 2.39. The maximum Gasteiger partial charge on any atom is 0.235 e. The molecule has 1 aliphatic rings. The van der Waals surface area contributed by atoms with Gasteiger partial charge in [-0.05, 0) is 19.8 Å². The first-order valence-corrected chi connectivity index (χ1v) is 6.80. The number of carbonyl (C=O) groups is 1. The van der Waals surface area contributed by atoms with E-state index in [1.807, 2.05) is 13.8 Å². The van der Waals surface area contributed by atoms with Gasteiger partial charge in [0.2, 0.25) is 5.91 Å². The first kappa shape index (κ1) is 15.0. The molecule has 0 aromatic carbocycles. The van der Waals surface area contributed by atoms with E-state index in [1.165, 1.54) is 0 Å². The molecule has 0 saturated carbocycles. The van der Waals surface area contributed by atoms with Crippen LogP contribution in [-0.2, 0) is 4.79 Å². The number of hydrogen-bond donors (Lipinski definition) is 2. The van der Waals surface area contributed by atoms with Gasteiger partial charge >= 0.3 is 0 Å². The zero-order chi connectivity index (χ0) is 13.6. The van der Waals surface area contributed by atoms with E-state index < -0.39 is 5.54 Å². The van der Waals surface area contributed by atoms with Crippen molar-refractivity contribution in [2.75, 3.05) is 26.2 Å². The average molecular weight is 251 g/mol. The second-order valence-electron chi connectivity index (χ2n) is 5.01. The predicted octanol–water partition coefficient (Wildman–Crippen LogP) is 0.588. The Hall–Kier alpha value is -1.05. The number of rotatable bonds is 5. The highest BCUT2D eigenvalue weighted by molar-refractivity contribution is 5.79. The first-order chi connectivity index (χ1) is 8.56. The van der Waals surface area contributed by atoms with Crippen molar-refractivity contribution in [3.63, 3.8) is 0 Å². The molecule has 0 unspecified atom stereocenters. The SMILES string of the molecule is C#CC(CC)(CC)NC(=O)CN1CCNC[C@H]1C. The van der Waals surface area contributed by atoms with Crippen molar-refractivity contribution in [2.45, 2.75) is 45.2 Å². The molecule has 0 bridgehead atoms. The summed E-state index contributed by atoms with van der Waals surface area (Å²) in [6, 6.07) is 0.396. The van der Waals surface area contributed by atoms with E-state index in [9.17, 15) is 4.79 Å². The standard InChI is InChI=1S/C14H25N3O/c1-5-14(6-2,7-3)16-13(18)11-17-9-8-15-10-12(17)4/h1,12,15H,6-11H2,2-4H3,(H,16,18)/t12-/m1/s1. The minimum Gasteiger partial charge on any atom is -0.339 e. The normalized spacial score (nSPS) is 21.3. The van der Waals surface area contributed by atoms with Crippen LogP contribution in [0.2, 0.25) is 0 Å². The van der Waals surface area contributed by atoms with E-state index in [1.54, 1.807) is 0 Å². The van der Waals surface area contributed by atoms with Crippen LogP contribution >= 0.6 is 0 Å². The number of amides is 1. The smallest absolute Gasteiger partial charge is 0.235 e. The summed E-state index contributed by atoms with van der Waals surface area (Å²) in [6.45, 7) is 9.39. The fourth-order valence-electron chi connectivity index (χ4n) is 2.28. The lowest BCUT2D eigenvalue weighted by molar-refractivity contribution is -0.124. The Labute approximate surface area is 110 Å². The molecule has 0 spiro atoms. The molecule has 18 heavy (non-hydrogen) atoms. The van der Waals surface area contributed by atoms with Gasteiger partial charge in [-0.15, -0.1) is 6.42 Å². The van der Waals surface area contributed by atoms with Crippen molar-refractivity contribution in [1.82, 2.24) is 15.5 Å². The molecular formula is C14H25N3O. The van der Waals surface area contributed by atoms with Crippen LogP contribution in [0.4, 0.5) is 0 Å². The number of nitrogens with zero attached hydrogens (tertiary/aromatic N) is 1. The lowest BCUT2D eigenvalue weighted by Crippen LogP contribution is -2.55. The molecule has 0 radical (unpaired) electrons. The van der Waals surface area contributed by atoms with Gasteiger partial charge in [-0.2, -0.15) is 0 Å². The van der Waals surface area contributed by atoms with Crippen molar-refractivity contribution >= 4 is 5.91 Å². The lowest BCUT2D eigenvalue weighted by Gasteiger charge is -2.34. The predicted molar refractivity (Wildman–Crippen MR) is 74.2 cm³/mol. The Morgan fingerprint density at radius 2 is 2.22 bits per heavy atom. The van der Waals surface area contributed by atoms with E-state index in [0.29, 0.717) is 12.6 Å². The number of terminal acetylenes is 1. The number of carbonyl (C=O) groups excluding carboxylic acids is 1. The minimum absolute atomic E-state index is 0.0328. The van der Waals surface area contributed by atoms with Crippen LogP contribution in [0.3, 0.4) is 0 Å². The Morgan fingerprint density at radius 3 is 2.72 bits per heavy atom. The van der Waals surface area contributed by atoms with E-state index >= 15 is 0 Å². The maximum atomic E-state index is 12.1. The van der Waals surface area contributed by atoms with Gasteiger partial charge in [0, 0.05) is 25.7 Å². The van der Waals surface area contributed by atoms with Crippen LogP contribution in [0.25, 0.3) is 0 Å². The van der Waals surface area contributed by atoms with Crippen LogP contribution in [0.15, 0.2) is 0 Å². The van der Waals surface area contributed by atoms with Gasteiger partial charge in [-0.1, -0.05) is 19.8 Å². The van der Waals surface area contributed by atoms with Crippen molar-refractivity contribution in [1.29, 1.82) is 0 Å². The molecule has 0 aromatic rings. The van der Waals surface area contributed by atoms with Crippen molar-refractivity contribution in [2.24, 2.45) is 0 Å². The Kier molecular flexibility index (Phi) is 5.64. The van der Waals surface area contributed by atoms with Crippen LogP contribution in [-0.4, -0.2) is 48.6 Å². The second kappa shape index (κ2) is 6.77. The van der Waals surface area contributed by atoms with Gasteiger partial charge in [0.05, 0.1) is 6.54 Å². The summed E-state index contributed by atoms with van der Waals surface area (Å²) in [5.41, 5.74) is -0.478. The van der Waals surface area contributed by atoms with Gasteiger partial charge < -0.3 is 10.6 Å². The van der Waals surface area contributed by atoms with Gasteiger partial charge in [0.25, 0.3) is 0 Å². The summed E-state index contributed by atoms with van der Waals surface area (Å²) in [5, 5.41) is 6.32. The maximum absolute atomic E-state index is 12.1. The van der Waals surface area contributed by atoms with Crippen LogP contribution < -0.4 is 10.6 Å². The molecule has 1 atom stereocenters. The van der Waals surface area contributed by atoms with Crippen molar-refractivity contribution < 1.29 is 4.79 Å². The highest BCUT2D eigenvalue weighted by Crippen LogP contribution is 2.13. The molecule has 1 amide bonds. The van der Waals surface area contributed by atoms with E-state index in [2.05, 4.69) is 28.4 Å². The summed E-state index contributed by atoms with van der Waals surface area (Å²) in [6.07, 6.45) is 7.08. The Bertz CT molecular complexity index is 317. The molecule has 1 rings (SSSR count). The molecule has 1 heterocycles. The number of nitrogens with one attached hydrogen (secondary N) is 2. The molecule has 4 nitrogen and oxygen atoms in total. The first-order valence-electron chi connectivity index (χ1n) is 6.80. The molecule has 1 fully saturated rings. The largest absolute Gasteiger partial charge is 0.339 e. The third-order valence-electron chi connectivity index (χ3n) is 3.85. The molecule has 4 heteroatoms. The van der Waals surface area contributed by atoms with Gasteiger partial charge in [0.1, 0.15) is 5.54 Å². The summed E-state index contributed by atoms with van der Waals surface area (Å²) in [4.78, 5) is 14.3. The highest BCUT2D eigenvalue weighted by Gasteiger charge is 2.27. The quantitative estimate of drug-likeness (QED) is 0.703. The van der Waals surface area contributed by atoms with E-state index in [0.717, 1.165) is 32.5 Å². The molecular weight excluding hydrogens is 226 g/mol. The number of hydrogen-bond acceptors (Lipinski definition) is 3. The Morgan fingerprint density at radius 1 is 1.56 bits per heavy atom. The summed E-state index contributed by atoms with van der Waals surface area (Å²) >= 11 is 0. The number of piperazine rings is 1. The Balaban J connectivity index is 2.52. The fourth-order valence-corrected chi connectivity index (χ4v) is 2.28. The van der Waals surface area contributed by atoms with Gasteiger partial charge in [-0.25, -0.2) is 0 Å². The second-order valence-corrected chi connectivity index (χ2v) is 5.01.